The fraction of sp³-hybridized carbons (Fsp3) is 0.263. The van der Waals surface area contributed by atoms with Gasteiger partial charge in [-0.05, 0) is 70.8 Å². The van der Waals surface area contributed by atoms with Crippen LogP contribution in [0.2, 0.25) is 0 Å². The summed E-state index contributed by atoms with van der Waals surface area (Å²) in [6.07, 6.45) is 0.916. The Labute approximate surface area is 176 Å². The summed E-state index contributed by atoms with van der Waals surface area (Å²) in [4.78, 5) is 12.6. The molecular weight excluding hydrogens is 480 g/mol. The molecule has 0 aromatic heterocycles. The van der Waals surface area contributed by atoms with Gasteiger partial charge in [0.15, 0.2) is 5.11 Å². The van der Waals surface area contributed by atoms with E-state index in [1.165, 1.54) is 0 Å². The summed E-state index contributed by atoms with van der Waals surface area (Å²) in [5.74, 6) is 0.745. The molecule has 0 heterocycles. The Morgan fingerprint density at radius 1 is 1.19 bits per heavy atom. The molecule has 2 N–H and O–H groups in total. The Morgan fingerprint density at radius 3 is 2.62 bits per heavy atom. The number of para-hydroxylation sites is 1. The van der Waals surface area contributed by atoms with Crippen LogP contribution < -0.4 is 15.4 Å². The van der Waals surface area contributed by atoms with E-state index < -0.39 is 0 Å². The SMILES string of the molecule is CC(C)CCOc1ccc(Br)cc1C(=O)NC(=S)Nc1ccccc1Br. The third kappa shape index (κ3) is 6.37. The first kappa shape index (κ1) is 20.9. The second kappa shape index (κ2) is 10.0. The van der Waals surface area contributed by atoms with E-state index in [-0.39, 0.29) is 11.0 Å². The fourth-order valence-electron chi connectivity index (χ4n) is 2.10. The Kier molecular flexibility index (Phi) is 8.06. The highest BCUT2D eigenvalue weighted by Crippen LogP contribution is 2.24. The van der Waals surface area contributed by atoms with E-state index in [0.717, 1.165) is 21.1 Å². The molecule has 2 rings (SSSR count). The molecule has 0 spiro atoms. The summed E-state index contributed by atoms with van der Waals surface area (Å²) >= 11 is 12.1. The molecule has 0 saturated heterocycles. The first-order valence-electron chi connectivity index (χ1n) is 8.16. The Morgan fingerprint density at radius 2 is 1.92 bits per heavy atom. The van der Waals surface area contributed by atoms with Crippen molar-refractivity contribution in [1.29, 1.82) is 0 Å². The van der Waals surface area contributed by atoms with Crippen LogP contribution in [-0.4, -0.2) is 17.6 Å². The number of ether oxygens (including phenoxy) is 1. The molecule has 4 nitrogen and oxygen atoms in total. The average molecular weight is 500 g/mol. The highest BCUT2D eigenvalue weighted by atomic mass is 79.9. The first-order valence-corrected chi connectivity index (χ1v) is 10.2. The molecule has 0 bridgehead atoms. The molecule has 26 heavy (non-hydrogen) atoms. The number of hydrogen-bond donors (Lipinski definition) is 2. The van der Waals surface area contributed by atoms with Gasteiger partial charge in [-0.2, -0.15) is 0 Å². The Hall–Kier alpha value is -1.44. The van der Waals surface area contributed by atoms with Crippen LogP contribution in [0.5, 0.6) is 5.75 Å². The van der Waals surface area contributed by atoms with E-state index in [1.807, 2.05) is 30.3 Å². The fourth-order valence-corrected chi connectivity index (χ4v) is 3.04. The topological polar surface area (TPSA) is 50.4 Å². The van der Waals surface area contributed by atoms with Crippen LogP contribution in [0.4, 0.5) is 5.69 Å². The molecular formula is C19H20Br2N2O2S. The number of hydrogen-bond acceptors (Lipinski definition) is 3. The maximum Gasteiger partial charge on any atom is 0.261 e. The minimum atomic E-state index is -0.324. The minimum absolute atomic E-state index is 0.218. The van der Waals surface area contributed by atoms with Gasteiger partial charge in [-0.25, -0.2) is 0 Å². The van der Waals surface area contributed by atoms with Crippen molar-refractivity contribution in [3.05, 3.63) is 57.0 Å². The van der Waals surface area contributed by atoms with Gasteiger partial charge in [0.25, 0.3) is 5.91 Å². The zero-order chi connectivity index (χ0) is 19.1. The van der Waals surface area contributed by atoms with Gasteiger partial charge in [0.2, 0.25) is 0 Å². The van der Waals surface area contributed by atoms with Crippen molar-refractivity contribution in [2.24, 2.45) is 5.92 Å². The molecule has 2 aromatic carbocycles. The normalized spacial score (nSPS) is 10.5. The van der Waals surface area contributed by atoms with Crippen molar-refractivity contribution in [2.45, 2.75) is 20.3 Å². The van der Waals surface area contributed by atoms with Crippen LogP contribution >= 0.6 is 44.1 Å². The predicted octanol–water partition coefficient (Wildman–Crippen LogP) is 5.76. The maximum atomic E-state index is 12.6. The number of carbonyl (C=O) groups is 1. The number of anilines is 1. The molecule has 0 saturated carbocycles. The lowest BCUT2D eigenvalue weighted by Gasteiger charge is -2.14. The number of amides is 1. The van der Waals surface area contributed by atoms with Crippen molar-refractivity contribution in [2.75, 3.05) is 11.9 Å². The molecule has 0 fully saturated rings. The highest BCUT2D eigenvalue weighted by molar-refractivity contribution is 9.10. The van der Waals surface area contributed by atoms with Crippen LogP contribution in [0.25, 0.3) is 0 Å². The number of carbonyl (C=O) groups excluding carboxylic acids is 1. The molecule has 0 aliphatic rings. The third-order valence-electron chi connectivity index (χ3n) is 3.49. The molecule has 138 valence electrons. The zero-order valence-electron chi connectivity index (χ0n) is 14.5. The van der Waals surface area contributed by atoms with Gasteiger partial charge >= 0.3 is 0 Å². The van der Waals surface area contributed by atoms with Gasteiger partial charge < -0.3 is 10.1 Å². The lowest BCUT2D eigenvalue weighted by molar-refractivity contribution is 0.0973. The summed E-state index contributed by atoms with van der Waals surface area (Å²) in [6.45, 7) is 4.81. The first-order chi connectivity index (χ1) is 12.4. The number of nitrogens with one attached hydrogen (secondary N) is 2. The van der Waals surface area contributed by atoms with Gasteiger partial charge in [-0.3, -0.25) is 10.1 Å². The van der Waals surface area contributed by atoms with E-state index in [2.05, 4.69) is 56.3 Å². The quantitative estimate of drug-likeness (QED) is 0.496. The molecule has 0 radical (unpaired) electrons. The van der Waals surface area contributed by atoms with Gasteiger partial charge in [0.05, 0.1) is 17.9 Å². The summed E-state index contributed by atoms with van der Waals surface area (Å²) in [7, 11) is 0. The summed E-state index contributed by atoms with van der Waals surface area (Å²) in [5.41, 5.74) is 1.21. The standard InChI is InChI=1S/C19H20Br2N2O2S/c1-12(2)9-10-25-17-8-7-13(20)11-14(17)18(24)23-19(26)22-16-6-4-3-5-15(16)21/h3-8,11-12H,9-10H2,1-2H3,(H2,22,23,24,26). The lowest BCUT2D eigenvalue weighted by atomic mass is 10.1. The second-order valence-corrected chi connectivity index (χ2v) is 8.24. The van der Waals surface area contributed by atoms with E-state index in [9.17, 15) is 4.79 Å². The molecule has 0 atom stereocenters. The van der Waals surface area contributed by atoms with Crippen LogP contribution in [0.15, 0.2) is 51.4 Å². The maximum absolute atomic E-state index is 12.6. The molecule has 0 aliphatic carbocycles. The molecule has 7 heteroatoms. The van der Waals surface area contributed by atoms with Crippen molar-refractivity contribution in [3.8, 4) is 5.75 Å². The lowest BCUT2D eigenvalue weighted by Crippen LogP contribution is -2.34. The monoisotopic (exact) mass is 498 g/mol. The Bertz CT molecular complexity index is 797. The third-order valence-corrected chi connectivity index (χ3v) is 4.88. The van der Waals surface area contributed by atoms with Crippen LogP contribution in [0, 0.1) is 5.92 Å². The summed E-state index contributed by atoms with van der Waals surface area (Å²) in [6, 6.07) is 12.9. The predicted molar refractivity (Wildman–Crippen MR) is 117 cm³/mol. The number of thiocarbonyl (C=S) groups is 1. The van der Waals surface area contributed by atoms with Crippen molar-refractivity contribution in [3.63, 3.8) is 0 Å². The summed E-state index contributed by atoms with van der Waals surface area (Å²) in [5, 5.41) is 5.92. The Balaban J connectivity index is 2.07. The van der Waals surface area contributed by atoms with E-state index >= 15 is 0 Å². The number of rotatable bonds is 6. The van der Waals surface area contributed by atoms with Gasteiger partial charge in [0.1, 0.15) is 5.75 Å². The van der Waals surface area contributed by atoms with E-state index in [1.54, 1.807) is 12.1 Å². The van der Waals surface area contributed by atoms with Crippen molar-refractivity contribution < 1.29 is 9.53 Å². The van der Waals surface area contributed by atoms with Crippen molar-refractivity contribution in [1.82, 2.24) is 5.32 Å². The van der Waals surface area contributed by atoms with Gasteiger partial charge in [-0.15, -0.1) is 0 Å². The van der Waals surface area contributed by atoms with E-state index in [4.69, 9.17) is 17.0 Å². The second-order valence-electron chi connectivity index (χ2n) is 6.06. The van der Waals surface area contributed by atoms with Gasteiger partial charge in [0, 0.05) is 8.95 Å². The highest BCUT2D eigenvalue weighted by Gasteiger charge is 2.15. The zero-order valence-corrected chi connectivity index (χ0v) is 18.5. The summed E-state index contributed by atoms with van der Waals surface area (Å²) < 4.78 is 7.44. The number of benzene rings is 2. The van der Waals surface area contributed by atoms with Crippen molar-refractivity contribution >= 4 is 60.8 Å². The molecule has 0 unspecified atom stereocenters. The average Bonchev–Trinajstić information content (AvgIpc) is 2.57. The largest absolute Gasteiger partial charge is 0.493 e. The van der Waals surface area contributed by atoms with Crippen LogP contribution in [-0.2, 0) is 0 Å². The van der Waals surface area contributed by atoms with Gasteiger partial charge in [-0.1, -0.05) is 41.9 Å². The smallest absolute Gasteiger partial charge is 0.261 e. The van der Waals surface area contributed by atoms with Crippen LogP contribution in [0.3, 0.4) is 0 Å². The molecule has 2 aromatic rings. The number of halogens is 2. The van der Waals surface area contributed by atoms with Crippen LogP contribution in [0.1, 0.15) is 30.6 Å². The van der Waals surface area contributed by atoms with E-state index in [0.29, 0.717) is 23.8 Å². The molecule has 1 amide bonds. The minimum Gasteiger partial charge on any atom is -0.493 e. The molecule has 0 aliphatic heterocycles.